The van der Waals surface area contributed by atoms with Gasteiger partial charge in [0, 0.05) is 27.3 Å². The van der Waals surface area contributed by atoms with Crippen LogP contribution in [-0.2, 0) is 37.4 Å². The average Bonchev–Trinajstić information content (AvgIpc) is 2.43. The van der Waals surface area contributed by atoms with Gasteiger partial charge in [-0.3, -0.25) is 4.55 Å². The van der Waals surface area contributed by atoms with E-state index in [1.807, 2.05) is 0 Å². The van der Waals surface area contributed by atoms with Crippen LogP contribution in [0, 0.1) is 0 Å². The molecule has 0 aliphatic rings. The summed E-state index contributed by atoms with van der Waals surface area (Å²) in [5, 5.41) is -7.84. The van der Waals surface area contributed by atoms with Crippen LogP contribution in [-0.4, -0.2) is 59.9 Å². The third-order valence-electron chi connectivity index (χ3n) is 3.02. The van der Waals surface area contributed by atoms with E-state index in [1.165, 1.54) is 0 Å². The molecule has 1 N–H and O–H groups in total. The fourth-order valence-electron chi connectivity index (χ4n) is 1.31. The van der Waals surface area contributed by atoms with E-state index in [9.17, 15) is 83.1 Å². The maximum absolute atomic E-state index is 13.0. The zero-order valence-electron chi connectivity index (χ0n) is 12.8. The molecule has 0 saturated heterocycles. The molecule has 0 saturated carbocycles. The van der Waals surface area contributed by atoms with Crippen molar-refractivity contribution in [3.05, 3.63) is 0 Å². The first-order valence-electron chi connectivity index (χ1n) is 5.68. The number of rotatable bonds is 7. The minimum absolute atomic E-state index is 0. The van der Waals surface area contributed by atoms with Crippen molar-refractivity contribution >= 4 is 10.1 Å². The zero-order chi connectivity index (χ0) is 24.5. The van der Waals surface area contributed by atoms with Crippen molar-refractivity contribution in [1.29, 1.82) is 0 Å². The van der Waals surface area contributed by atoms with Crippen LogP contribution in [0.3, 0.4) is 0 Å². The molecular formula is C8HCdF17O3S. The number of hydrogen-bond acceptors (Lipinski definition) is 2. The molecule has 0 aromatic heterocycles. The Morgan fingerprint density at radius 2 is 0.633 bits per heavy atom. The van der Waals surface area contributed by atoms with Crippen LogP contribution in [0.5, 0.6) is 0 Å². The molecule has 0 aromatic carbocycles. The first-order chi connectivity index (χ1) is 12.0. The minimum Gasteiger partial charge on any atom is -0.281 e. The maximum Gasteiger partial charge on any atom is 0.460 e. The molecule has 0 atom stereocenters. The second-order valence-corrected chi connectivity index (χ2v) is 6.40. The first kappa shape index (κ1) is 31.8. The first-order valence-corrected chi connectivity index (χ1v) is 7.12. The third-order valence-corrected chi connectivity index (χ3v) is 3.92. The van der Waals surface area contributed by atoms with Gasteiger partial charge in [0.05, 0.1) is 0 Å². The molecule has 178 valence electrons. The fraction of sp³-hybridized carbons (Fsp3) is 1.00. The van der Waals surface area contributed by atoms with Gasteiger partial charge in [-0.25, -0.2) is 0 Å². The summed E-state index contributed by atoms with van der Waals surface area (Å²) in [4.78, 5) is 0. The van der Waals surface area contributed by atoms with Gasteiger partial charge in [0.1, 0.15) is 0 Å². The Balaban J connectivity index is 0. The van der Waals surface area contributed by atoms with Crippen LogP contribution >= 0.6 is 0 Å². The van der Waals surface area contributed by atoms with Gasteiger partial charge in [-0.1, -0.05) is 0 Å². The normalized spacial score (nSPS) is 16.3. The van der Waals surface area contributed by atoms with E-state index in [2.05, 4.69) is 0 Å². The molecule has 0 spiro atoms. The maximum atomic E-state index is 13.0. The van der Waals surface area contributed by atoms with Gasteiger partial charge in [0.15, 0.2) is 0 Å². The second kappa shape index (κ2) is 7.61. The summed E-state index contributed by atoms with van der Waals surface area (Å²) in [6.45, 7) is 0. The van der Waals surface area contributed by atoms with Crippen molar-refractivity contribution < 1.29 is 115 Å². The van der Waals surface area contributed by atoms with E-state index in [-0.39, 0.29) is 27.3 Å². The van der Waals surface area contributed by atoms with Crippen LogP contribution in [0.15, 0.2) is 0 Å². The number of halogens is 17. The Labute approximate surface area is 172 Å². The van der Waals surface area contributed by atoms with E-state index < -0.39 is 57.1 Å². The van der Waals surface area contributed by atoms with Crippen molar-refractivity contribution in [3.63, 3.8) is 0 Å². The summed E-state index contributed by atoms with van der Waals surface area (Å²) < 4.78 is 242. The summed E-state index contributed by atoms with van der Waals surface area (Å²) in [5.41, 5.74) is 0. The van der Waals surface area contributed by atoms with Gasteiger partial charge in [0.2, 0.25) is 0 Å². The Bertz CT molecular complexity index is 739. The molecule has 0 bridgehead atoms. The molecule has 3 nitrogen and oxygen atoms in total. The van der Waals surface area contributed by atoms with Gasteiger partial charge in [-0.15, -0.1) is 0 Å². The van der Waals surface area contributed by atoms with Gasteiger partial charge < -0.3 is 0 Å². The van der Waals surface area contributed by atoms with Crippen molar-refractivity contribution in [2.75, 3.05) is 0 Å². The Morgan fingerprint density at radius 1 is 0.433 bits per heavy atom. The predicted molar refractivity (Wildman–Crippen MR) is 52.2 cm³/mol. The molecule has 22 heteroatoms. The number of alkyl halides is 17. The molecule has 0 aliphatic heterocycles. The molecule has 0 aromatic rings. The van der Waals surface area contributed by atoms with Crippen LogP contribution < -0.4 is 0 Å². The van der Waals surface area contributed by atoms with Crippen LogP contribution in [0.1, 0.15) is 0 Å². The Morgan fingerprint density at radius 3 is 0.833 bits per heavy atom. The second-order valence-electron chi connectivity index (χ2n) is 4.94. The summed E-state index contributed by atoms with van der Waals surface area (Å²) in [5.74, 6) is -52.0. The van der Waals surface area contributed by atoms with Crippen LogP contribution in [0.25, 0.3) is 0 Å². The molecule has 0 radical (unpaired) electrons. The van der Waals surface area contributed by atoms with Crippen molar-refractivity contribution in [2.24, 2.45) is 0 Å². The Hall–Kier alpha value is -0.358. The van der Waals surface area contributed by atoms with Crippen molar-refractivity contribution in [1.82, 2.24) is 0 Å². The molecule has 30 heavy (non-hydrogen) atoms. The zero-order valence-corrected chi connectivity index (χ0v) is 17.7. The quantitative estimate of drug-likeness (QED) is 0.255. The topological polar surface area (TPSA) is 54.4 Å². The summed E-state index contributed by atoms with van der Waals surface area (Å²) >= 11 is 0. The molecule has 0 aliphatic carbocycles. The van der Waals surface area contributed by atoms with Crippen LogP contribution in [0.2, 0.25) is 0 Å². The predicted octanol–water partition coefficient (Wildman–Crippen LogP) is 4.84. The van der Waals surface area contributed by atoms with E-state index in [1.54, 1.807) is 0 Å². The van der Waals surface area contributed by atoms with Gasteiger partial charge in [0.25, 0.3) is 0 Å². The summed E-state index contributed by atoms with van der Waals surface area (Å²) in [7, 11) is -7.89. The van der Waals surface area contributed by atoms with Gasteiger partial charge >= 0.3 is 57.1 Å². The average molecular weight is 613 g/mol. The molecule has 0 rings (SSSR count). The number of hydrogen-bond donors (Lipinski definition) is 1. The van der Waals surface area contributed by atoms with E-state index in [0.29, 0.717) is 0 Å². The largest absolute Gasteiger partial charge is 0.460 e. The van der Waals surface area contributed by atoms with Gasteiger partial charge in [-0.2, -0.15) is 83.1 Å². The van der Waals surface area contributed by atoms with E-state index >= 15 is 0 Å². The summed E-state index contributed by atoms with van der Waals surface area (Å²) in [6, 6.07) is 0. The van der Waals surface area contributed by atoms with Crippen LogP contribution in [0.4, 0.5) is 74.6 Å². The van der Waals surface area contributed by atoms with E-state index in [4.69, 9.17) is 4.55 Å². The van der Waals surface area contributed by atoms with Gasteiger partial charge in [-0.05, 0) is 0 Å². The molecule has 0 fully saturated rings. The van der Waals surface area contributed by atoms with Crippen molar-refractivity contribution in [3.8, 4) is 0 Å². The minimum atomic E-state index is -8.89. The SMILES string of the molecule is O=S(=O)(O)C(F)(F)C(F)(F)C(F)(F)C(F)(F)C(F)(F)C(F)(F)C(F)(F)C(F)(F)F.[Cd]. The van der Waals surface area contributed by atoms with E-state index in [0.717, 1.165) is 0 Å². The molecular weight excluding hydrogens is 612 g/mol. The van der Waals surface area contributed by atoms with Crippen molar-refractivity contribution in [2.45, 2.75) is 47.0 Å². The molecule has 0 heterocycles. The Kier molecular flexibility index (Phi) is 8.07. The summed E-state index contributed by atoms with van der Waals surface area (Å²) in [6.07, 6.45) is -7.88. The molecule has 0 amide bonds. The fourth-order valence-corrected chi connectivity index (χ4v) is 1.76. The molecule has 0 unspecified atom stereocenters. The standard InChI is InChI=1S/C8HF17O3S.Cd/c9-1(10,3(13,14)5(17,18)7(21,22)23)2(11,12)4(15,16)6(19,20)8(24,25)29(26,27)28;/h(H,26,27,28);. The smallest absolute Gasteiger partial charge is 0.281 e. The monoisotopic (exact) mass is 614 g/mol. The third kappa shape index (κ3) is 3.82.